The number of carbonyl (C=O) groups is 1. The van der Waals surface area contributed by atoms with E-state index in [9.17, 15) is 4.79 Å². The van der Waals surface area contributed by atoms with Gasteiger partial charge in [0.05, 0.1) is 0 Å². The van der Waals surface area contributed by atoms with E-state index >= 15 is 0 Å². The van der Waals surface area contributed by atoms with Crippen LogP contribution in [0.4, 0.5) is 0 Å². The average Bonchev–Trinajstić information content (AvgIpc) is 2.88. The second kappa shape index (κ2) is 4.55. The quantitative estimate of drug-likeness (QED) is 0.677. The minimum atomic E-state index is -0.240. The molecule has 0 saturated heterocycles. The minimum Gasteiger partial charge on any atom is -0.388 e. The van der Waals surface area contributed by atoms with Crippen molar-refractivity contribution in [2.75, 3.05) is 0 Å². The Kier molecular flexibility index (Phi) is 2.87. The molecule has 4 aliphatic rings. The van der Waals surface area contributed by atoms with E-state index in [1.165, 1.54) is 11.1 Å². The van der Waals surface area contributed by atoms with Crippen molar-refractivity contribution in [1.29, 1.82) is 0 Å². The fraction of sp³-hybridized carbons (Fsp3) is 0.375. The third-order valence-electron chi connectivity index (χ3n) is 3.84. The molecule has 1 fully saturated rings. The molecule has 1 aliphatic heterocycles. The number of hydrogen-bond donors (Lipinski definition) is 0. The standard InChI is InChI=1S/C10H11NO2.C6H4/c1-2-8-7-10(13-11-8)5-3-9(12)4-6-10;1-2-5-4-6(5)3-1/h1H,3-7H2;1-4H. The molecule has 1 saturated carbocycles. The van der Waals surface area contributed by atoms with Gasteiger partial charge in [-0.15, -0.1) is 6.42 Å². The summed E-state index contributed by atoms with van der Waals surface area (Å²) in [5, 5.41) is 3.83. The topological polar surface area (TPSA) is 38.7 Å². The van der Waals surface area contributed by atoms with Gasteiger partial charge >= 0.3 is 0 Å². The molecule has 0 N–H and O–H groups in total. The molecular formula is C16H15NO2. The summed E-state index contributed by atoms with van der Waals surface area (Å²) in [7, 11) is 0. The van der Waals surface area contributed by atoms with Gasteiger partial charge in [0.1, 0.15) is 17.1 Å². The molecule has 4 rings (SSSR count). The van der Waals surface area contributed by atoms with Crippen LogP contribution in [0.2, 0.25) is 0 Å². The molecule has 1 spiro atoms. The van der Waals surface area contributed by atoms with Gasteiger partial charge in [-0.3, -0.25) is 4.79 Å². The normalized spacial score (nSPS) is 20.8. The van der Waals surface area contributed by atoms with Crippen molar-refractivity contribution in [2.45, 2.75) is 37.7 Å². The fourth-order valence-corrected chi connectivity index (χ4v) is 2.53. The summed E-state index contributed by atoms with van der Waals surface area (Å²) in [5.41, 5.74) is 3.29. The van der Waals surface area contributed by atoms with Crippen LogP contribution in [0, 0.1) is 12.3 Å². The van der Waals surface area contributed by atoms with Crippen molar-refractivity contribution >= 4 is 11.5 Å². The molecule has 0 radical (unpaired) electrons. The first-order chi connectivity index (χ1) is 9.21. The third kappa shape index (κ3) is 2.53. The molecule has 0 atom stereocenters. The zero-order valence-electron chi connectivity index (χ0n) is 10.7. The first-order valence-corrected chi connectivity index (χ1v) is 6.55. The first-order valence-electron chi connectivity index (χ1n) is 6.55. The number of Topliss-reactive ketones (excluding diaryl/α,β-unsaturated/α-hetero) is 1. The lowest BCUT2D eigenvalue weighted by atomic mass is 9.81. The zero-order chi connectivity index (χ0) is 13.3. The van der Waals surface area contributed by atoms with Crippen LogP contribution in [0.5, 0.6) is 0 Å². The average molecular weight is 253 g/mol. The van der Waals surface area contributed by atoms with Gasteiger partial charge in [0.15, 0.2) is 0 Å². The van der Waals surface area contributed by atoms with Crippen LogP contribution in [0.1, 0.15) is 32.1 Å². The van der Waals surface area contributed by atoms with E-state index in [0.717, 1.165) is 12.8 Å². The van der Waals surface area contributed by atoms with E-state index in [0.29, 0.717) is 30.8 Å². The Morgan fingerprint density at radius 1 is 1.26 bits per heavy atom. The second-order valence-corrected chi connectivity index (χ2v) is 5.25. The number of oxime groups is 1. The first kappa shape index (κ1) is 12.0. The number of hydrogen-bond acceptors (Lipinski definition) is 3. The number of benzene rings is 1. The molecule has 0 amide bonds. The van der Waals surface area contributed by atoms with Gasteiger partial charge in [-0.2, -0.15) is 0 Å². The van der Waals surface area contributed by atoms with Gasteiger partial charge in [-0.05, 0) is 30.0 Å². The monoisotopic (exact) mass is 253 g/mol. The third-order valence-corrected chi connectivity index (χ3v) is 3.84. The molecule has 3 aliphatic carbocycles. The largest absolute Gasteiger partial charge is 0.388 e. The molecule has 0 aromatic carbocycles. The van der Waals surface area contributed by atoms with E-state index in [1.54, 1.807) is 0 Å². The zero-order valence-corrected chi connectivity index (χ0v) is 10.7. The maximum absolute atomic E-state index is 11.0. The SMILES string of the molecule is C#CC1=NOC2(CCC(=O)CC2)C1.c1cc2cc-2c1. The maximum Gasteiger partial charge on any atom is 0.144 e. The number of nitrogens with zero attached hydrogens (tertiary/aromatic N) is 1. The summed E-state index contributed by atoms with van der Waals surface area (Å²) < 4.78 is 0. The van der Waals surface area contributed by atoms with Gasteiger partial charge in [-0.25, -0.2) is 0 Å². The summed E-state index contributed by atoms with van der Waals surface area (Å²) >= 11 is 0. The van der Waals surface area contributed by atoms with Crippen molar-refractivity contribution in [3.63, 3.8) is 0 Å². The predicted octanol–water partition coefficient (Wildman–Crippen LogP) is 2.94. The fourth-order valence-electron chi connectivity index (χ4n) is 2.53. The molecule has 0 aromatic heterocycles. The molecule has 19 heavy (non-hydrogen) atoms. The molecule has 0 unspecified atom stereocenters. The van der Waals surface area contributed by atoms with Crippen LogP contribution in [0.25, 0.3) is 11.1 Å². The summed E-state index contributed by atoms with van der Waals surface area (Å²) in [6.45, 7) is 0. The van der Waals surface area contributed by atoms with E-state index in [2.05, 4.69) is 35.3 Å². The van der Waals surface area contributed by atoms with Crippen LogP contribution in [-0.4, -0.2) is 17.1 Å². The molecule has 3 nitrogen and oxygen atoms in total. The van der Waals surface area contributed by atoms with Gasteiger partial charge in [0.25, 0.3) is 0 Å². The van der Waals surface area contributed by atoms with E-state index in [-0.39, 0.29) is 5.60 Å². The smallest absolute Gasteiger partial charge is 0.144 e. The predicted molar refractivity (Wildman–Crippen MR) is 73.6 cm³/mol. The highest BCUT2D eigenvalue weighted by molar-refractivity contribution is 6.01. The maximum atomic E-state index is 11.0. The van der Waals surface area contributed by atoms with Crippen molar-refractivity contribution in [3.8, 4) is 23.5 Å². The van der Waals surface area contributed by atoms with Crippen LogP contribution >= 0.6 is 0 Å². The Morgan fingerprint density at radius 3 is 2.37 bits per heavy atom. The number of rotatable bonds is 0. The molecule has 0 aromatic rings. The van der Waals surface area contributed by atoms with E-state index in [1.807, 2.05) is 0 Å². The molecule has 96 valence electrons. The van der Waals surface area contributed by atoms with Gasteiger partial charge in [0, 0.05) is 19.3 Å². The molecule has 1 heterocycles. The minimum absolute atomic E-state index is 0.240. The lowest BCUT2D eigenvalue weighted by Crippen LogP contribution is -2.34. The summed E-state index contributed by atoms with van der Waals surface area (Å²) in [4.78, 5) is 16.3. The Hall–Kier alpha value is -2.08. The van der Waals surface area contributed by atoms with Crippen molar-refractivity contribution in [2.24, 2.45) is 5.16 Å². The molecule has 3 heteroatoms. The van der Waals surface area contributed by atoms with Crippen molar-refractivity contribution in [1.82, 2.24) is 0 Å². The Bertz CT molecular complexity index is 568. The number of terminal acetylenes is 1. The van der Waals surface area contributed by atoms with Crippen LogP contribution in [-0.2, 0) is 9.63 Å². The van der Waals surface area contributed by atoms with Gasteiger partial charge in [-0.1, -0.05) is 29.3 Å². The number of carbonyl (C=O) groups excluding carboxylic acids is 1. The number of ketones is 1. The van der Waals surface area contributed by atoms with Crippen molar-refractivity contribution in [3.05, 3.63) is 24.3 Å². The molecular weight excluding hydrogens is 238 g/mol. The summed E-state index contributed by atoms with van der Waals surface area (Å²) in [6.07, 6.45) is 8.67. The number of fused-ring (bicyclic) bond motifs is 1. The highest BCUT2D eigenvalue weighted by Gasteiger charge is 2.41. The summed E-state index contributed by atoms with van der Waals surface area (Å²) in [5.74, 6) is 2.81. The highest BCUT2D eigenvalue weighted by Crippen LogP contribution is 2.37. The Balaban J connectivity index is 0.000000151. The van der Waals surface area contributed by atoms with Crippen LogP contribution < -0.4 is 0 Å². The molecule has 0 bridgehead atoms. The van der Waals surface area contributed by atoms with Crippen molar-refractivity contribution < 1.29 is 9.63 Å². The Morgan fingerprint density at radius 2 is 1.95 bits per heavy atom. The Labute approximate surface area is 112 Å². The van der Waals surface area contributed by atoms with E-state index < -0.39 is 0 Å². The highest BCUT2D eigenvalue weighted by atomic mass is 16.7. The second-order valence-electron chi connectivity index (χ2n) is 5.25. The van der Waals surface area contributed by atoms with Crippen LogP contribution in [0.15, 0.2) is 29.4 Å². The van der Waals surface area contributed by atoms with E-state index in [4.69, 9.17) is 11.3 Å². The summed E-state index contributed by atoms with van der Waals surface area (Å²) in [6, 6.07) is 8.48. The van der Waals surface area contributed by atoms with Crippen LogP contribution in [0.3, 0.4) is 0 Å². The lowest BCUT2D eigenvalue weighted by Gasteiger charge is -2.29. The van der Waals surface area contributed by atoms with Gasteiger partial charge < -0.3 is 4.84 Å². The lowest BCUT2D eigenvalue weighted by molar-refractivity contribution is -0.127. The van der Waals surface area contributed by atoms with Gasteiger partial charge in [0.2, 0.25) is 0 Å².